The first-order valence-electron chi connectivity index (χ1n) is 8.12. The number of rotatable bonds is 4. The summed E-state index contributed by atoms with van der Waals surface area (Å²) in [7, 11) is 0. The minimum absolute atomic E-state index is 0.288. The van der Waals surface area contributed by atoms with E-state index in [1.54, 1.807) is 0 Å². The van der Waals surface area contributed by atoms with Crippen LogP contribution >= 0.6 is 31.9 Å². The maximum Gasteiger partial charge on any atom is 0.0738 e. The van der Waals surface area contributed by atoms with Gasteiger partial charge in [-0.05, 0) is 66.3 Å². The van der Waals surface area contributed by atoms with Crippen LogP contribution in [0.5, 0.6) is 0 Å². The van der Waals surface area contributed by atoms with E-state index in [0.717, 1.165) is 30.5 Å². The second-order valence-corrected chi connectivity index (χ2v) is 9.34. The lowest BCUT2D eigenvalue weighted by Gasteiger charge is -2.42. The van der Waals surface area contributed by atoms with Crippen molar-refractivity contribution in [1.82, 2.24) is 9.78 Å². The molecule has 0 bridgehead atoms. The number of aromatic nitrogens is 2. The molecule has 0 aliphatic heterocycles. The van der Waals surface area contributed by atoms with Gasteiger partial charge in [-0.25, -0.2) is 0 Å². The molecule has 21 heavy (non-hydrogen) atoms. The molecule has 0 saturated heterocycles. The van der Waals surface area contributed by atoms with Gasteiger partial charge in [0.25, 0.3) is 0 Å². The molecule has 0 aromatic carbocycles. The third-order valence-electron chi connectivity index (χ3n) is 5.11. The summed E-state index contributed by atoms with van der Waals surface area (Å²) in [5.41, 5.74) is 2.75. The van der Waals surface area contributed by atoms with Crippen LogP contribution in [0, 0.1) is 24.2 Å². The summed E-state index contributed by atoms with van der Waals surface area (Å²) < 4.78 is 3.36. The summed E-state index contributed by atoms with van der Waals surface area (Å²) in [6.45, 7) is 12.4. The van der Waals surface area contributed by atoms with E-state index in [0.29, 0.717) is 4.83 Å². The lowest BCUT2D eigenvalue weighted by atomic mass is 9.67. The molecule has 1 saturated carbocycles. The molecule has 120 valence electrons. The van der Waals surface area contributed by atoms with E-state index >= 15 is 0 Å². The van der Waals surface area contributed by atoms with Gasteiger partial charge in [-0.1, -0.05) is 43.1 Å². The summed E-state index contributed by atoms with van der Waals surface area (Å²) in [4.78, 5) is 0.647. The molecule has 1 aromatic heterocycles. The summed E-state index contributed by atoms with van der Waals surface area (Å²) in [5.74, 6) is 1.60. The Morgan fingerprint density at radius 2 is 2.00 bits per heavy atom. The minimum atomic E-state index is 0.288. The highest BCUT2D eigenvalue weighted by Gasteiger charge is 2.38. The molecule has 1 aliphatic rings. The zero-order valence-electron chi connectivity index (χ0n) is 13.9. The van der Waals surface area contributed by atoms with Crippen LogP contribution < -0.4 is 0 Å². The monoisotopic (exact) mass is 418 g/mol. The first kappa shape index (κ1) is 17.5. The highest BCUT2D eigenvalue weighted by atomic mass is 79.9. The van der Waals surface area contributed by atoms with Crippen LogP contribution in [-0.2, 0) is 13.0 Å². The van der Waals surface area contributed by atoms with Gasteiger partial charge in [0.1, 0.15) is 0 Å². The standard InChI is InChI=1S/C17H28Br2N2/c1-6-21-15(16(19)12(3)20-21)10-17(4,5)13-8-7-11(2)9-14(13)18/h11,13-14H,6-10H2,1-5H3. The highest BCUT2D eigenvalue weighted by molar-refractivity contribution is 9.10. The molecule has 0 spiro atoms. The van der Waals surface area contributed by atoms with Crippen LogP contribution in [-0.4, -0.2) is 14.6 Å². The highest BCUT2D eigenvalue weighted by Crippen LogP contribution is 2.45. The molecule has 1 aromatic rings. The fraction of sp³-hybridized carbons (Fsp3) is 0.824. The molecular weight excluding hydrogens is 392 g/mol. The summed E-state index contributed by atoms with van der Waals surface area (Å²) in [5, 5.41) is 4.65. The quantitative estimate of drug-likeness (QED) is 0.568. The first-order valence-corrected chi connectivity index (χ1v) is 9.83. The summed E-state index contributed by atoms with van der Waals surface area (Å²) in [6, 6.07) is 0. The Morgan fingerprint density at radius 3 is 2.57 bits per heavy atom. The molecule has 0 radical (unpaired) electrons. The third kappa shape index (κ3) is 3.74. The molecular formula is C17H28Br2N2. The number of aryl methyl sites for hydroxylation is 2. The Bertz CT molecular complexity index is 493. The van der Waals surface area contributed by atoms with Gasteiger partial charge in [-0.3, -0.25) is 4.68 Å². The molecule has 3 unspecified atom stereocenters. The van der Waals surface area contributed by atoms with E-state index in [-0.39, 0.29) is 5.41 Å². The lowest BCUT2D eigenvalue weighted by molar-refractivity contribution is 0.144. The average molecular weight is 420 g/mol. The Balaban J connectivity index is 2.21. The van der Waals surface area contributed by atoms with Crippen LogP contribution in [0.1, 0.15) is 58.3 Å². The van der Waals surface area contributed by atoms with Crippen molar-refractivity contribution in [3.8, 4) is 0 Å². The molecule has 1 aliphatic carbocycles. The largest absolute Gasteiger partial charge is 0.268 e. The molecule has 2 nitrogen and oxygen atoms in total. The normalized spacial score (nSPS) is 27.1. The zero-order valence-corrected chi connectivity index (χ0v) is 17.1. The first-order chi connectivity index (χ1) is 9.76. The second kappa shape index (κ2) is 6.74. The van der Waals surface area contributed by atoms with Crippen LogP contribution in [0.3, 0.4) is 0 Å². The summed E-state index contributed by atoms with van der Waals surface area (Å²) in [6.07, 6.45) is 5.09. The molecule has 2 rings (SSSR count). The second-order valence-electron chi connectivity index (χ2n) is 7.37. The molecule has 1 fully saturated rings. The third-order valence-corrected chi connectivity index (χ3v) is 7.16. The van der Waals surface area contributed by atoms with Crippen LogP contribution in [0.15, 0.2) is 4.47 Å². The molecule has 1 heterocycles. The van der Waals surface area contributed by atoms with Gasteiger partial charge >= 0.3 is 0 Å². The van der Waals surface area contributed by atoms with Crippen molar-refractivity contribution in [3.05, 3.63) is 15.9 Å². The molecule has 4 heteroatoms. The predicted molar refractivity (Wildman–Crippen MR) is 97.0 cm³/mol. The van der Waals surface area contributed by atoms with Gasteiger partial charge < -0.3 is 0 Å². The van der Waals surface area contributed by atoms with Crippen LogP contribution in [0.4, 0.5) is 0 Å². The van der Waals surface area contributed by atoms with Gasteiger partial charge in [0.05, 0.1) is 15.9 Å². The van der Waals surface area contributed by atoms with Gasteiger partial charge in [-0.15, -0.1) is 0 Å². The number of hydrogen-bond acceptors (Lipinski definition) is 1. The number of halogens is 2. The Labute approximate surface area is 146 Å². The fourth-order valence-electron chi connectivity index (χ4n) is 3.79. The van der Waals surface area contributed by atoms with Crippen molar-refractivity contribution in [2.75, 3.05) is 0 Å². The number of alkyl halides is 1. The Morgan fingerprint density at radius 1 is 1.33 bits per heavy atom. The van der Waals surface area contributed by atoms with Crippen molar-refractivity contribution < 1.29 is 0 Å². The smallest absolute Gasteiger partial charge is 0.0738 e. The van der Waals surface area contributed by atoms with Crippen molar-refractivity contribution in [2.45, 2.75) is 71.7 Å². The van der Waals surface area contributed by atoms with Gasteiger partial charge in [0, 0.05) is 11.4 Å². The molecule has 3 atom stereocenters. The van der Waals surface area contributed by atoms with E-state index < -0.39 is 0 Å². The van der Waals surface area contributed by atoms with Crippen molar-refractivity contribution in [2.24, 2.45) is 17.3 Å². The van der Waals surface area contributed by atoms with Crippen molar-refractivity contribution in [3.63, 3.8) is 0 Å². The minimum Gasteiger partial charge on any atom is -0.268 e. The van der Waals surface area contributed by atoms with E-state index in [1.165, 1.54) is 29.4 Å². The topological polar surface area (TPSA) is 17.8 Å². The lowest BCUT2D eigenvalue weighted by Crippen LogP contribution is -2.37. The fourth-order valence-corrected chi connectivity index (χ4v) is 5.83. The van der Waals surface area contributed by atoms with Gasteiger partial charge in [-0.2, -0.15) is 5.10 Å². The average Bonchev–Trinajstić information content (AvgIpc) is 2.65. The maximum absolute atomic E-state index is 4.65. The zero-order chi connectivity index (χ0) is 15.8. The number of nitrogens with zero attached hydrogens (tertiary/aromatic N) is 2. The van der Waals surface area contributed by atoms with E-state index in [9.17, 15) is 0 Å². The van der Waals surface area contributed by atoms with Gasteiger partial charge in [0.2, 0.25) is 0 Å². The summed E-state index contributed by atoms with van der Waals surface area (Å²) >= 11 is 7.72. The maximum atomic E-state index is 4.65. The van der Waals surface area contributed by atoms with Crippen molar-refractivity contribution >= 4 is 31.9 Å². The molecule has 0 N–H and O–H groups in total. The Hall–Kier alpha value is 0.170. The van der Waals surface area contributed by atoms with Gasteiger partial charge in [0.15, 0.2) is 0 Å². The predicted octanol–water partition coefficient (Wildman–Crippen LogP) is 5.74. The number of hydrogen-bond donors (Lipinski definition) is 0. The molecule has 0 amide bonds. The van der Waals surface area contributed by atoms with Crippen molar-refractivity contribution in [1.29, 1.82) is 0 Å². The van der Waals surface area contributed by atoms with Crippen LogP contribution in [0.25, 0.3) is 0 Å². The van der Waals surface area contributed by atoms with E-state index in [2.05, 4.69) is 76.3 Å². The van der Waals surface area contributed by atoms with E-state index in [1.807, 2.05) is 0 Å². The van der Waals surface area contributed by atoms with E-state index in [4.69, 9.17) is 0 Å². The van der Waals surface area contributed by atoms with Crippen LogP contribution in [0.2, 0.25) is 0 Å². The Kier molecular flexibility index (Phi) is 5.62. The SMILES string of the molecule is CCn1nc(C)c(Br)c1CC(C)(C)C1CCC(C)CC1Br.